The van der Waals surface area contributed by atoms with Gasteiger partial charge in [-0.2, -0.15) is 47.9 Å². The highest BCUT2D eigenvalue weighted by Gasteiger charge is 2.33. The fraction of sp³-hybridized carbons (Fsp3) is 0.270. The third-order valence-electron chi connectivity index (χ3n) is 21.8. The molecule has 0 bridgehead atoms. The lowest BCUT2D eigenvalue weighted by Crippen LogP contribution is -2.49. The summed E-state index contributed by atoms with van der Waals surface area (Å²) in [6.07, 6.45) is 3.67. The maximum absolute atomic E-state index is 13.5. The van der Waals surface area contributed by atoms with Crippen molar-refractivity contribution in [1.29, 1.82) is 0 Å². The Morgan fingerprint density at radius 3 is 1.11 bits per heavy atom. The number of anilines is 3. The van der Waals surface area contributed by atoms with Gasteiger partial charge in [0.05, 0.1) is 68.5 Å². The molecule has 3 fully saturated rings. The zero-order valence-electron chi connectivity index (χ0n) is 68.2. The van der Waals surface area contributed by atoms with Gasteiger partial charge in [-0.3, -0.25) is 48.1 Å². The number of fused-ring (bicyclic) bond motifs is 4. The summed E-state index contributed by atoms with van der Waals surface area (Å²) in [6, 6.07) is 37.6. The second-order valence-electron chi connectivity index (χ2n) is 30.1. The number of hydrogen-bond donors (Lipinski definition) is 1. The molecule has 0 saturated carbocycles. The summed E-state index contributed by atoms with van der Waals surface area (Å²) in [7, 11) is 0. The van der Waals surface area contributed by atoms with Crippen LogP contribution in [-0.2, 0) is 6.67 Å². The number of nitrogens with one attached hydrogen (secondary N) is 1. The number of likely N-dealkylation sites (tertiary alicyclic amines) is 1. The van der Waals surface area contributed by atoms with Gasteiger partial charge in [0.2, 0.25) is 11.9 Å². The minimum atomic E-state index is -0.698. The molecule has 25 nitrogen and oxygen atoms in total. The predicted molar refractivity (Wildman–Crippen MR) is 477 cm³/mol. The van der Waals surface area contributed by atoms with Crippen molar-refractivity contribution in [3.8, 4) is 22.7 Å². The second-order valence-corrected chi connectivity index (χ2v) is 35.3. The molecule has 630 valence electrons. The van der Waals surface area contributed by atoms with E-state index in [1.54, 1.807) is 55.8 Å². The van der Waals surface area contributed by atoms with Gasteiger partial charge >= 0.3 is 0 Å². The molecule has 14 heterocycles. The van der Waals surface area contributed by atoms with E-state index >= 15 is 0 Å². The Hall–Kier alpha value is -12.6. The van der Waals surface area contributed by atoms with E-state index in [2.05, 4.69) is 45.6 Å². The van der Waals surface area contributed by atoms with Crippen LogP contribution in [0, 0.1) is 73.2 Å². The molecule has 3 aliphatic rings. The summed E-state index contributed by atoms with van der Waals surface area (Å²) >= 11 is 6.87. The minimum absolute atomic E-state index is 0.122. The lowest BCUT2D eigenvalue weighted by molar-refractivity contribution is 0.0676. The SMILES string of the molecule is Cc1ccc(-n2nc(C(=O)N3CCC(CC[18F])CC3)c3csc(C)c3c2=O)cc1.Cc1ccc(-n2nc(C(=O)N3CCN(c4ccc([18F])nc4)CC3)c3csc(C)c3c2=O)cc1.Cc1ccc(-n2nc(C(=O)N3CCN(c4cccc([18F])n4)CC3)c3csc(C)c3c2=O)cc1.Cc1ccc(-n2nc(C(=O)Nc3nc(C[18F])cs3)c3csc(C)c3c2=O)cc1. The lowest BCUT2D eigenvalue weighted by atomic mass is 9.94. The highest BCUT2D eigenvalue weighted by Crippen LogP contribution is 2.33. The summed E-state index contributed by atoms with van der Waals surface area (Å²) in [5, 5.41) is 34.0. The molecule has 34 heteroatoms. The number of piperazine rings is 2. The molecule has 0 spiro atoms. The average molecular weight is 1750 g/mol. The van der Waals surface area contributed by atoms with E-state index in [1.807, 2.05) is 161 Å². The van der Waals surface area contributed by atoms with Crippen LogP contribution in [-0.4, -0.2) is 165 Å². The zero-order chi connectivity index (χ0) is 86.6. The summed E-state index contributed by atoms with van der Waals surface area (Å²) in [4.78, 5) is 130. The Morgan fingerprint density at radius 2 is 0.756 bits per heavy atom. The first-order valence-corrected chi connectivity index (χ1v) is 44.0. The van der Waals surface area contributed by atoms with Crippen molar-refractivity contribution in [2.24, 2.45) is 5.92 Å². The van der Waals surface area contributed by atoms with Crippen molar-refractivity contribution in [2.75, 3.05) is 87.2 Å². The van der Waals surface area contributed by atoms with E-state index in [-0.39, 0.29) is 74.5 Å². The fourth-order valence-electron chi connectivity index (χ4n) is 14.9. The van der Waals surface area contributed by atoms with Gasteiger partial charge in [0.15, 0.2) is 27.9 Å². The van der Waals surface area contributed by atoms with Crippen molar-refractivity contribution in [3.63, 3.8) is 0 Å². The van der Waals surface area contributed by atoms with Crippen molar-refractivity contribution >= 4 is 140 Å². The van der Waals surface area contributed by atoms with E-state index < -0.39 is 24.5 Å². The number of amides is 4. The Labute approximate surface area is 722 Å². The van der Waals surface area contributed by atoms with Crippen molar-refractivity contribution in [3.05, 3.63) is 284 Å². The largest absolute Gasteiger partial charge is 0.367 e. The first kappa shape index (κ1) is 85.4. The normalized spacial score (nSPS) is 13.7. The molecule has 18 rings (SSSR count). The van der Waals surface area contributed by atoms with Crippen LogP contribution in [0.25, 0.3) is 65.8 Å². The first-order valence-electron chi connectivity index (χ1n) is 39.6. The molecule has 15 aromatic rings. The average Bonchev–Trinajstić information content (AvgIpc) is 1.68. The number of aryl methyl sites for hydroxylation is 8. The standard InChI is InChI=1S/2C24H22FN5O2S.C22H24FN3O2S.C19H15FN4O2S2/c1-15-3-5-17(6-4-15)30-23(31)21-16(2)33-14-19(21)22(27-30)24(32)29-11-9-28(10-12-29)18-7-8-20(25)26-13-18;1-15-6-8-17(9-7-15)30-23(31)21-16(2)33-14-18(21)22(27-30)24(32)29-12-10-28(11-13-29)20-5-3-4-19(25)26-20;1-14-3-5-17(6-4-14)26-21(27)19-15(2)29-13-18(19)20(24-26)22(28)25-11-8-16(7-10-23)9-12-25;1-10-3-5-13(6-4-10)24-18(26)15-11(2)27-9-14(15)16(23-24)17(25)22-19-21-12(7-20)8-28-19/h3-8,13-14H,9-12H2,1-2H3;3-9,14H,10-13H2,1-2H3;3-6,13,16H,7-12H2,1-2H3;3-6,8-9H,7H2,1-2H3,(H,21,22,25)/i2*25-1;23-1;20-1. The molecule has 0 aliphatic carbocycles. The van der Waals surface area contributed by atoms with Gasteiger partial charge < -0.3 is 24.5 Å². The number of carbonyl (C=O) groups is 4. The number of rotatable bonds is 14. The number of nitrogens with zero attached hydrogens (tertiary/aromatic N) is 16. The Balaban J connectivity index is 0.000000127. The van der Waals surface area contributed by atoms with E-state index in [4.69, 9.17) is 0 Å². The Bertz CT molecular complexity index is 6740. The quantitative estimate of drug-likeness (QED) is 0.0782. The number of thiazole rings is 1. The van der Waals surface area contributed by atoms with Gasteiger partial charge in [-0.25, -0.2) is 19.3 Å². The smallest absolute Gasteiger partial charge is 0.280 e. The maximum Gasteiger partial charge on any atom is 0.280 e. The third-order valence-corrected chi connectivity index (χ3v) is 26.3. The number of benzene rings is 4. The number of carbonyl (C=O) groups excluding carboxylic acids is 4. The molecule has 3 aliphatic heterocycles. The molecule has 3 saturated heterocycles. The van der Waals surface area contributed by atoms with E-state index in [0.717, 1.165) is 71.6 Å². The van der Waals surface area contributed by atoms with E-state index in [1.165, 1.54) is 82.4 Å². The van der Waals surface area contributed by atoms with Crippen LogP contribution in [0.15, 0.2) is 180 Å². The third kappa shape index (κ3) is 18.2. The topological polar surface area (TPSA) is 275 Å². The number of aromatic nitrogens is 11. The van der Waals surface area contributed by atoms with Crippen molar-refractivity contribution < 1.29 is 36.7 Å². The lowest BCUT2D eigenvalue weighted by Gasteiger charge is -2.35. The van der Waals surface area contributed by atoms with E-state index in [0.29, 0.717) is 155 Å². The molecule has 0 atom stereocenters. The molecular weight excluding hydrogens is 1670 g/mol. The van der Waals surface area contributed by atoms with Gasteiger partial charge in [0.25, 0.3) is 45.9 Å². The summed E-state index contributed by atoms with van der Waals surface area (Å²) in [5.74, 6) is -1.22. The minimum Gasteiger partial charge on any atom is -0.367 e. The second kappa shape index (κ2) is 37.0. The zero-order valence-corrected chi connectivity index (χ0v) is 72.3. The number of thiophene rings is 4. The van der Waals surface area contributed by atoms with Crippen molar-refractivity contribution in [2.45, 2.75) is 81.3 Å². The molecule has 0 unspecified atom stereocenters. The highest BCUT2D eigenvalue weighted by atomic mass is 32.1. The predicted octanol–water partition coefficient (Wildman–Crippen LogP) is 15.6. The number of piperidine rings is 1. The van der Waals surface area contributed by atoms with Crippen LogP contribution >= 0.6 is 56.7 Å². The van der Waals surface area contributed by atoms with Gasteiger partial charge in [-0.05, 0) is 153 Å². The molecule has 0 radical (unpaired) electrons. The number of alkyl halides is 2. The molecule has 11 aromatic heterocycles. The van der Waals surface area contributed by atoms with Crippen LogP contribution in [0.1, 0.15) is 109 Å². The van der Waals surface area contributed by atoms with Gasteiger partial charge in [0, 0.05) is 133 Å². The Morgan fingerprint density at radius 1 is 0.398 bits per heavy atom. The van der Waals surface area contributed by atoms with Gasteiger partial charge in [0.1, 0.15) is 12.5 Å². The molecule has 4 amide bonds. The maximum atomic E-state index is 13.5. The van der Waals surface area contributed by atoms with E-state index in [9.17, 15) is 55.9 Å². The summed E-state index contributed by atoms with van der Waals surface area (Å²) < 4.78 is 57.2. The van der Waals surface area contributed by atoms with Crippen LogP contribution in [0.3, 0.4) is 0 Å². The fourth-order valence-corrected chi connectivity index (χ4v) is 19.0. The van der Waals surface area contributed by atoms with Crippen molar-refractivity contribution in [1.82, 2.24) is 68.8 Å². The Kier molecular flexibility index (Phi) is 25.7. The first-order chi connectivity index (χ1) is 59.3. The van der Waals surface area contributed by atoms with Crippen LogP contribution in [0.2, 0.25) is 0 Å². The summed E-state index contributed by atoms with van der Waals surface area (Å²) in [5.41, 5.74) is 7.88. The number of pyridine rings is 2. The summed E-state index contributed by atoms with van der Waals surface area (Å²) in [6.45, 7) is 19.7. The number of halogens is 4. The number of hydrogen-bond acceptors (Lipinski definition) is 22. The molecular formula is C89H83F4N17O8S5. The monoisotopic (exact) mass is 1750 g/mol. The molecule has 123 heavy (non-hydrogen) atoms. The van der Waals surface area contributed by atoms with Crippen LogP contribution in [0.5, 0.6) is 0 Å². The van der Waals surface area contributed by atoms with Crippen LogP contribution in [0.4, 0.5) is 34.2 Å². The molecule has 4 aromatic carbocycles. The highest BCUT2D eigenvalue weighted by molar-refractivity contribution is 7.14. The molecule has 1 N–H and O–H groups in total. The van der Waals surface area contributed by atoms with Gasteiger partial charge in [-0.15, -0.1) is 56.7 Å². The van der Waals surface area contributed by atoms with Gasteiger partial charge in [-0.1, -0.05) is 76.9 Å². The van der Waals surface area contributed by atoms with Crippen LogP contribution < -0.4 is 37.4 Å².